The zero-order valence-corrected chi connectivity index (χ0v) is 11.8. The van der Waals surface area contributed by atoms with Crippen molar-refractivity contribution < 1.29 is 13.2 Å². The molecule has 1 aromatic heterocycles. The molecule has 0 saturated heterocycles. The van der Waals surface area contributed by atoms with Crippen LogP contribution in [0.2, 0.25) is 0 Å². The Balaban J connectivity index is 2.36. The van der Waals surface area contributed by atoms with E-state index >= 15 is 0 Å². The van der Waals surface area contributed by atoms with Gasteiger partial charge in [-0.25, -0.2) is 4.98 Å². The molecule has 0 radical (unpaired) electrons. The summed E-state index contributed by atoms with van der Waals surface area (Å²) in [6, 6.07) is 3.45. The summed E-state index contributed by atoms with van der Waals surface area (Å²) in [7, 11) is 0. The predicted octanol–water partition coefficient (Wildman–Crippen LogP) is 3.22. The SMILES string of the molecule is CCCNC(c1ncn[nH]1)c1ccc(C(F)(F)F)cc1C. The zero-order chi connectivity index (χ0) is 15.5. The molecule has 0 bridgehead atoms. The van der Waals surface area contributed by atoms with Crippen LogP contribution in [-0.2, 0) is 6.18 Å². The van der Waals surface area contributed by atoms with Gasteiger partial charge in [0.05, 0.1) is 11.6 Å². The number of nitrogens with one attached hydrogen (secondary N) is 2. The Morgan fingerprint density at radius 2 is 2.10 bits per heavy atom. The minimum absolute atomic E-state index is 0.297. The van der Waals surface area contributed by atoms with Crippen molar-refractivity contribution in [3.8, 4) is 0 Å². The highest BCUT2D eigenvalue weighted by molar-refractivity contribution is 5.37. The highest BCUT2D eigenvalue weighted by Crippen LogP contribution is 2.32. The second-order valence-electron chi connectivity index (χ2n) is 4.83. The maximum absolute atomic E-state index is 12.7. The van der Waals surface area contributed by atoms with E-state index in [9.17, 15) is 13.2 Å². The summed E-state index contributed by atoms with van der Waals surface area (Å²) >= 11 is 0. The fourth-order valence-corrected chi connectivity index (χ4v) is 2.17. The summed E-state index contributed by atoms with van der Waals surface area (Å²) in [5.74, 6) is 0.589. The largest absolute Gasteiger partial charge is 0.416 e. The average molecular weight is 298 g/mol. The second kappa shape index (κ2) is 6.26. The summed E-state index contributed by atoms with van der Waals surface area (Å²) in [5, 5.41) is 9.85. The van der Waals surface area contributed by atoms with E-state index < -0.39 is 11.7 Å². The number of rotatable bonds is 5. The molecule has 0 aliphatic rings. The summed E-state index contributed by atoms with van der Waals surface area (Å²) in [5.41, 5.74) is 0.679. The topological polar surface area (TPSA) is 53.6 Å². The van der Waals surface area contributed by atoms with Crippen LogP contribution in [0.5, 0.6) is 0 Å². The molecule has 0 fully saturated rings. The normalized spacial score (nSPS) is 13.4. The minimum Gasteiger partial charge on any atom is -0.304 e. The van der Waals surface area contributed by atoms with Crippen LogP contribution in [0.1, 0.15) is 41.9 Å². The van der Waals surface area contributed by atoms with Crippen molar-refractivity contribution in [2.75, 3.05) is 6.54 Å². The van der Waals surface area contributed by atoms with Crippen LogP contribution in [0, 0.1) is 6.92 Å². The molecule has 21 heavy (non-hydrogen) atoms. The minimum atomic E-state index is -4.33. The number of hydrogen-bond donors (Lipinski definition) is 2. The van der Waals surface area contributed by atoms with Gasteiger partial charge in [0.15, 0.2) is 0 Å². The second-order valence-corrected chi connectivity index (χ2v) is 4.83. The Morgan fingerprint density at radius 1 is 1.33 bits per heavy atom. The van der Waals surface area contributed by atoms with Gasteiger partial charge in [-0.15, -0.1) is 0 Å². The van der Waals surface area contributed by atoms with Gasteiger partial charge < -0.3 is 5.32 Å². The maximum atomic E-state index is 12.7. The van der Waals surface area contributed by atoms with Gasteiger partial charge in [0.2, 0.25) is 0 Å². The van der Waals surface area contributed by atoms with Crippen LogP contribution >= 0.6 is 0 Å². The first-order valence-electron chi connectivity index (χ1n) is 6.70. The molecule has 2 aromatic rings. The van der Waals surface area contributed by atoms with E-state index in [1.54, 1.807) is 6.92 Å². The van der Waals surface area contributed by atoms with E-state index in [1.807, 2.05) is 6.92 Å². The number of halogens is 3. The Hall–Kier alpha value is -1.89. The fraction of sp³-hybridized carbons (Fsp3) is 0.429. The first kappa shape index (κ1) is 15.5. The van der Waals surface area contributed by atoms with Crippen molar-refractivity contribution in [2.45, 2.75) is 32.5 Å². The lowest BCUT2D eigenvalue weighted by Gasteiger charge is -2.19. The molecule has 1 unspecified atom stereocenters. The van der Waals surface area contributed by atoms with Crippen molar-refractivity contribution in [2.24, 2.45) is 0 Å². The molecule has 4 nitrogen and oxygen atoms in total. The van der Waals surface area contributed by atoms with Crippen LogP contribution in [0.3, 0.4) is 0 Å². The summed E-state index contributed by atoms with van der Waals surface area (Å²) in [6.07, 6.45) is -2.04. The molecule has 2 N–H and O–H groups in total. The van der Waals surface area contributed by atoms with Crippen LogP contribution in [-0.4, -0.2) is 21.7 Å². The predicted molar refractivity (Wildman–Crippen MR) is 72.7 cm³/mol. The molecule has 2 rings (SSSR count). The molecule has 114 valence electrons. The van der Waals surface area contributed by atoms with Gasteiger partial charge in [-0.2, -0.15) is 18.3 Å². The van der Waals surface area contributed by atoms with Gasteiger partial charge in [0.1, 0.15) is 12.2 Å². The lowest BCUT2D eigenvalue weighted by atomic mass is 9.98. The lowest BCUT2D eigenvalue weighted by molar-refractivity contribution is -0.137. The molecular weight excluding hydrogens is 281 g/mol. The molecule has 0 aliphatic heterocycles. The van der Waals surface area contributed by atoms with Crippen LogP contribution < -0.4 is 5.32 Å². The maximum Gasteiger partial charge on any atom is 0.416 e. The molecule has 0 amide bonds. The van der Waals surface area contributed by atoms with Crippen molar-refractivity contribution in [1.29, 1.82) is 0 Å². The van der Waals surface area contributed by atoms with Gasteiger partial charge in [-0.3, -0.25) is 5.10 Å². The monoisotopic (exact) mass is 298 g/mol. The smallest absolute Gasteiger partial charge is 0.304 e. The van der Waals surface area contributed by atoms with Crippen molar-refractivity contribution >= 4 is 0 Å². The van der Waals surface area contributed by atoms with Crippen LogP contribution in [0.4, 0.5) is 13.2 Å². The third-order valence-corrected chi connectivity index (χ3v) is 3.21. The molecule has 0 saturated carbocycles. The Bertz CT molecular complexity index is 578. The first-order valence-corrected chi connectivity index (χ1v) is 6.70. The van der Waals surface area contributed by atoms with E-state index in [0.717, 1.165) is 30.7 Å². The van der Waals surface area contributed by atoms with E-state index in [4.69, 9.17) is 0 Å². The molecule has 7 heteroatoms. The summed E-state index contributed by atoms with van der Waals surface area (Å²) in [4.78, 5) is 4.11. The van der Waals surface area contributed by atoms with Gasteiger partial charge in [-0.1, -0.05) is 13.0 Å². The Morgan fingerprint density at radius 3 is 2.62 bits per heavy atom. The van der Waals surface area contributed by atoms with E-state index in [-0.39, 0.29) is 6.04 Å². The Kier molecular flexibility index (Phi) is 4.62. The fourth-order valence-electron chi connectivity index (χ4n) is 2.17. The van der Waals surface area contributed by atoms with E-state index in [2.05, 4.69) is 20.5 Å². The summed E-state index contributed by atoms with van der Waals surface area (Å²) in [6.45, 7) is 4.41. The first-order chi connectivity index (χ1) is 9.93. The molecule has 1 aromatic carbocycles. The van der Waals surface area contributed by atoms with Gasteiger partial charge >= 0.3 is 6.18 Å². The van der Waals surface area contributed by atoms with Gasteiger partial charge in [0, 0.05) is 0 Å². The van der Waals surface area contributed by atoms with Crippen molar-refractivity contribution in [3.05, 3.63) is 47.0 Å². The third kappa shape index (κ3) is 3.60. The quantitative estimate of drug-likeness (QED) is 0.891. The number of aryl methyl sites for hydroxylation is 1. The molecule has 0 spiro atoms. The summed E-state index contributed by atoms with van der Waals surface area (Å²) < 4.78 is 38.2. The number of aromatic nitrogens is 3. The number of H-pyrrole nitrogens is 1. The molecule has 1 heterocycles. The van der Waals surface area contributed by atoms with Gasteiger partial charge in [-0.05, 0) is 43.1 Å². The lowest BCUT2D eigenvalue weighted by Crippen LogP contribution is -2.25. The third-order valence-electron chi connectivity index (χ3n) is 3.21. The van der Waals surface area contributed by atoms with Crippen molar-refractivity contribution in [1.82, 2.24) is 20.5 Å². The highest BCUT2D eigenvalue weighted by Gasteiger charge is 2.31. The van der Waals surface area contributed by atoms with Crippen molar-refractivity contribution in [3.63, 3.8) is 0 Å². The number of hydrogen-bond acceptors (Lipinski definition) is 3. The number of benzene rings is 1. The highest BCUT2D eigenvalue weighted by atomic mass is 19.4. The van der Waals surface area contributed by atoms with Gasteiger partial charge in [0.25, 0.3) is 0 Å². The number of nitrogens with zero attached hydrogens (tertiary/aromatic N) is 2. The zero-order valence-electron chi connectivity index (χ0n) is 11.8. The molecule has 0 aliphatic carbocycles. The van der Waals surface area contributed by atoms with E-state index in [0.29, 0.717) is 11.4 Å². The molecular formula is C14H17F3N4. The average Bonchev–Trinajstić information content (AvgIpc) is 2.93. The van der Waals surface area contributed by atoms with Crippen LogP contribution in [0.25, 0.3) is 0 Å². The van der Waals surface area contributed by atoms with E-state index in [1.165, 1.54) is 12.4 Å². The number of aromatic amines is 1. The standard InChI is InChI=1S/C14H17F3N4/c1-3-6-18-12(13-19-8-20-21-13)11-5-4-10(7-9(11)2)14(15,16)17/h4-5,7-8,12,18H,3,6H2,1-2H3,(H,19,20,21). The number of alkyl halides is 3. The Labute approximate surface area is 120 Å². The van der Waals surface area contributed by atoms with Crippen LogP contribution in [0.15, 0.2) is 24.5 Å². The molecule has 1 atom stereocenters.